The number of hydroxylamine groups is 4. The number of carbonyl (C=O) groups excluding carboxylic acids is 4. The molecule has 4 aliphatic heterocycles. The second kappa shape index (κ2) is 11.1. The number of imide groups is 2. The predicted octanol–water partition coefficient (Wildman–Crippen LogP) is 7.41. The van der Waals surface area contributed by atoms with Crippen LogP contribution >= 0.6 is 0 Å². The molecule has 2 radical (unpaired) electrons. The third kappa shape index (κ3) is 4.47. The molecule has 0 saturated carbocycles. The van der Waals surface area contributed by atoms with Crippen LogP contribution in [0.1, 0.15) is 134 Å². The molecular weight excluding hydrogens is 709 g/mol. The third-order valence-corrected chi connectivity index (χ3v) is 13.0. The molecular formula is C44H40N6O6. The average molecular weight is 749 g/mol. The second-order valence-electron chi connectivity index (χ2n) is 18.7. The number of benzene rings is 5. The summed E-state index contributed by atoms with van der Waals surface area (Å²) in [4.78, 5) is 60.7. The van der Waals surface area contributed by atoms with Gasteiger partial charge in [0.25, 0.3) is 23.6 Å². The Morgan fingerprint density at radius 2 is 0.786 bits per heavy atom. The maximum absolute atomic E-state index is 14.6. The summed E-state index contributed by atoms with van der Waals surface area (Å²) in [5.41, 5.74) is -2.18. The van der Waals surface area contributed by atoms with Crippen LogP contribution < -0.4 is 0 Å². The fourth-order valence-corrected chi connectivity index (χ4v) is 11.1. The van der Waals surface area contributed by atoms with Crippen molar-refractivity contribution < 1.29 is 29.6 Å². The first-order valence-electron chi connectivity index (χ1n) is 19.0. The van der Waals surface area contributed by atoms with E-state index in [1.165, 1.54) is 21.9 Å². The van der Waals surface area contributed by atoms with Crippen molar-refractivity contribution in [3.05, 3.63) is 69.8 Å². The van der Waals surface area contributed by atoms with Gasteiger partial charge in [0.05, 0.1) is 34.4 Å². The molecule has 282 valence electrons. The summed E-state index contributed by atoms with van der Waals surface area (Å²) in [5, 5.41) is 53.5. The molecule has 0 aliphatic carbocycles. The number of nitriles is 2. The van der Waals surface area contributed by atoms with Gasteiger partial charge in [0.1, 0.15) is 0 Å². The molecule has 2 saturated heterocycles. The van der Waals surface area contributed by atoms with Gasteiger partial charge < -0.3 is 0 Å². The largest absolute Gasteiger partial charge is 0.271 e. The minimum atomic E-state index is -0.854. The van der Waals surface area contributed by atoms with Crippen molar-refractivity contribution in [1.82, 2.24) is 19.9 Å². The maximum atomic E-state index is 14.6. The van der Waals surface area contributed by atoms with Gasteiger partial charge in [0, 0.05) is 77.7 Å². The average Bonchev–Trinajstić information content (AvgIpc) is 3.12. The van der Waals surface area contributed by atoms with Gasteiger partial charge in [-0.25, -0.2) is 0 Å². The van der Waals surface area contributed by atoms with Crippen LogP contribution in [0.4, 0.5) is 0 Å². The van der Waals surface area contributed by atoms with Crippen LogP contribution in [-0.2, 0) is 10.4 Å². The van der Waals surface area contributed by atoms with Crippen LogP contribution in [0, 0.1) is 22.7 Å². The van der Waals surface area contributed by atoms with Gasteiger partial charge in [-0.2, -0.15) is 10.5 Å². The van der Waals surface area contributed by atoms with Gasteiger partial charge in [0.15, 0.2) is 0 Å². The number of hydrogen-bond acceptors (Lipinski definition) is 8. The summed E-state index contributed by atoms with van der Waals surface area (Å²) in [6.45, 7) is 14.4. The molecule has 56 heavy (non-hydrogen) atoms. The fourth-order valence-electron chi connectivity index (χ4n) is 11.1. The van der Waals surface area contributed by atoms with Crippen molar-refractivity contribution >= 4 is 66.7 Å². The van der Waals surface area contributed by atoms with E-state index in [1.807, 2.05) is 0 Å². The number of rotatable bonds is 2. The SMILES string of the molecule is CC1(C)CC(N2C(=O)c3ccc4c5c(C#N)cc6c7c(ccc(c8c(C#N)cc(c3c48)C2=O)c75)C(=O)N(C2CC(C)(C)N([O])C(C)(C)C2)C6=O)CC(C)(C)N1[O]. The summed E-state index contributed by atoms with van der Waals surface area (Å²) in [6, 6.07) is 13.2. The van der Waals surface area contributed by atoms with E-state index in [4.69, 9.17) is 0 Å². The molecule has 4 heterocycles. The van der Waals surface area contributed by atoms with Gasteiger partial charge in [-0.1, -0.05) is 12.1 Å². The van der Waals surface area contributed by atoms with Gasteiger partial charge in [0.2, 0.25) is 0 Å². The minimum absolute atomic E-state index is 0.164. The van der Waals surface area contributed by atoms with E-state index in [0.717, 1.165) is 10.1 Å². The van der Waals surface area contributed by atoms with Crippen LogP contribution in [0.2, 0.25) is 0 Å². The summed E-state index contributed by atoms with van der Waals surface area (Å²) in [7, 11) is 0. The Balaban J connectivity index is 1.28. The number of fused-ring (bicyclic) bond motifs is 2. The predicted molar refractivity (Wildman–Crippen MR) is 205 cm³/mol. The maximum Gasteiger partial charge on any atom is 0.261 e. The normalized spacial score (nSPS) is 22.5. The molecule has 2 fully saturated rings. The van der Waals surface area contributed by atoms with Crippen molar-refractivity contribution in [1.29, 1.82) is 10.5 Å². The van der Waals surface area contributed by atoms with Crippen LogP contribution in [0.25, 0.3) is 43.1 Å². The van der Waals surface area contributed by atoms with E-state index in [2.05, 4.69) is 12.1 Å². The Bertz CT molecular complexity index is 2560. The van der Waals surface area contributed by atoms with Gasteiger partial charge in [-0.3, -0.25) is 29.0 Å². The molecule has 5 aromatic rings. The highest BCUT2D eigenvalue weighted by atomic mass is 16.5. The lowest BCUT2D eigenvalue weighted by atomic mass is 9.76. The van der Waals surface area contributed by atoms with Gasteiger partial charge >= 0.3 is 0 Å². The zero-order valence-corrected chi connectivity index (χ0v) is 32.6. The van der Waals surface area contributed by atoms with Gasteiger partial charge in [-0.05, 0) is 116 Å². The van der Waals surface area contributed by atoms with Crippen LogP contribution in [-0.4, -0.2) is 77.8 Å². The lowest BCUT2D eigenvalue weighted by Gasteiger charge is -2.52. The number of carbonyl (C=O) groups is 4. The molecule has 12 heteroatoms. The molecule has 0 N–H and O–H groups in total. The van der Waals surface area contributed by atoms with Crippen molar-refractivity contribution in [3.63, 3.8) is 0 Å². The monoisotopic (exact) mass is 748 g/mol. The Labute approximate surface area is 323 Å². The Morgan fingerprint density at radius 3 is 1.09 bits per heavy atom. The lowest BCUT2D eigenvalue weighted by Crippen LogP contribution is -2.64. The molecule has 0 aromatic heterocycles. The topological polar surface area (TPSA) is 169 Å². The summed E-state index contributed by atoms with van der Waals surface area (Å²) >= 11 is 0. The van der Waals surface area contributed by atoms with Crippen molar-refractivity contribution in [2.24, 2.45) is 0 Å². The highest BCUT2D eigenvalue weighted by Gasteiger charge is 2.53. The van der Waals surface area contributed by atoms with Crippen molar-refractivity contribution in [2.45, 2.75) is 115 Å². The van der Waals surface area contributed by atoms with Crippen molar-refractivity contribution in [2.75, 3.05) is 0 Å². The quantitative estimate of drug-likeness (QED) is 0.102. The Kier molecular flexibility index (Phi) is 7.16. The third-order valence-electron chi connectivity index (χ3n) is 13.0. The zero-order valence-electron chi connectivity index (χ0n) is 32.6. The molecule has 0 atom stereocenters. The fraction of sp³-hybridized carbons (Fsp3) is 0.409. The van der Waals surface area contributed by atoms with Crippen LogP contribution in [0.3, 0.4) is 0 Å². The highest BCUT2D eigenvalue weighted by Crippen LogP contribution is 2.50. The van der Waals surface area contributed by atoms with Gasteiger partial charge in [-0.15, -0.1) is 20.5 Å². The first kappa shape index (κ1) is 36.2. The second-order valence-corrected chi connectivity index (χ2v) is 18.7. The minimum Gasteiger partial charge on any atom is -0.271 e. The highest BCUT2D eigenvalue weighted by molar-refractivity contribution is 6.42. The molecule has 0 bridgehead atoms. The molecule has 5 aromatic carbocycles. The molecule has 9 rings (SSSR count). The molecule has 12 nitrogen and oxygen atoms in total. The molecule has 0 unspecified atom stereocenters. The van der Waals surface area contributed by atoms with E-state index < -0.39 is 57.9 Å². The molecule has 4 amide bonds. The summed E-state index contributed by atoms with van der Waals surface area (Å²) in [6.07, 6.45) is 1.08. The lowest BCUT2D eigenvalue weighted by molar-refractivity contribution is -0.292. The van der Waals surface area contributed by atoms with Crippen LogP contribution in [0.5, 0.6) is 0 Å². The Hall–Kier alpha value is -5.50. The molecule has 4 aliphatic rings. The first-order valence-corrected chi connectivity index (χ1v) is 19.0. The molecule has 0 spiro atoms. The van der Waals surface area contributed by atoms with Crippen LogP contribution in [0.15, 0.2) is 36.4 Å². The van der Waals surface area contributed by atoms with E-state index in [1.54, 1.807) is 79.7 Å². The zero-order chi connectivity index (χ0) is 40.3. The van der Waals surface area contributed by atoms with E-state index in [-0.39, 0.29) is 59.1 Å². The number of amides is 4. The number of hydrogen-bond donors (Lipinski definition) is 0. The van der Waals surface area contributed by atoms with E-state index in [0.29, 0.717) is 43.1 Å². The van der Waals surface area contributed by atoms with E-state index >= 15 is 0 Å². The summed E-state index contributed by atoms with van der Waals surface area (Å²) < 4.78 is 0. The smallest absolute Gasteiger partial charge is 0.261 e. The number of piperidine rings is 2. The number of nitrogens with zero attached hydrogens (tertiary/aromatic N) is 6. The first-order chi connectivity index (χ1) is 26.2. The van der Waals surface area contributed by atoms with Crippen molar-refractivity contribution in [3.8, 4) is 12.1 Å². The van der Waals surface area contributed by atoms with E-state index in [9.17, 15) is 40.1 Å². The summed E-state index contributed by atoms with van der Waals surface area (Å²) in [5.74, 6) is -2.10. The standard InChI is InChI=1S/C44H40N6O6/c1-41(2)15-23(16-42(3,4)49(41)55)47-37(51)27-11-9-25-32-22(20-46)14-30-34-28(38(52)48(40(30)54)24-17-43(5,6)50(56)44(7,8)18-24)12-10-26(36(32)34)31-21(19-45)13-29(39(47)53)33(27)35(25)31/h9-14,23-24H,15-18H2,1-8H3. The Morgan fingerprint density at radius 1 is 0.482 bits per heavy atom.